The fraction of sp³-hybridized carbons (Fsp3) is 1.00. The Balaban J connectivity index is -0.0000000408. The summed E-state index contributed by atoms with van der Waals surface area (Å²) < 4.78 is 157. The highest BCUT2D eigenvalue weighted by Crippen LogP contribution is 2.24. The molecule has 0 N–H and O–H groups in total. The predicted molar refractivity (Wildman–Crippen MR) is 399 cm³/mol. The van der Waals surface area contributed by atoms with Crippen LogP contribution in [-0.2, 0) is 0 Å². The van der Waals surface area contributed by atoms with Crippen LogP contribution in [0.4, 0.5) is 43.9 Å². The Kier molecular flexibility index (Phi) is 161. The maximum atomic E-state index is 11.9. The number of halogens is 10. The summed E-state index contributed by atoms with van der Waals surface area (Å²) in [7, 11) is 0. The molecule has 1 atom stereocenters. The van der Waals surface area contributed by atoms with Crippen molar-refractivity contribution in [2.24, 2.45) is 41.4 Å². The van der Waals surface area contributed by atoms with E-state index in [1.54, 1.807) is 27.7 Å². The van der Waals surface area contributed by atoms with E-state index in [2.05, 4.69) is 152 Å². The van der Waals surface area contributed by atoms with E-state index in [1.807, 2.05) is 55.4 Å². The van der Waals surface area contributed by atoms with Gasteiger partial charge in [-0.05, 0) is 62.7 Å². The quantitative estimate of drug-likeness (QED) is 0.127. The van der Waals surface area contributed by atoms with E-state index in [9.17, 15) is 43.9 Å². The molecule has 0 aliphatic rings. The average Bonchev–Trinajstić information content (AvgIpc) is 3.52. The van der Waals surface area contributed by atoms with Crippen molar-refractivity contribution in [3.8, 4) is 0 Å². The molecular weight excluding hydrogens is 1130 g/mol. The monoisotopic (exact) mass is 1320 g/mol. The zero-order chi connectivity index (χ0) is 81.0. The smallest absolute Gasteiger partial charge is 0.248 e. The number of hydrogen-bond acceptors (Lipinski definition) is 0. The maximum Gasteiger partial charge on any atom is 0.391 e. The molecule has 564 valence electrons. The van der Waals surface area contributed by atoms with Crippen molar-refractivity contribution in [1.29, 1.82) is 0 Å². The largest absolute Gasteiger partial charge is 0.391 e. The lowest BCUT2D eigenvalue weighted by Crippen LogP contribution is -2.15. The Morgan fingerprint density at radius 2 is 0.500 bits per heavy atom. The molecule has 10 heteroatoms. The molecule has 0 bridgehead atoms. The Bertz CT molecular complexity index is 1010. The van der Waals surface area contributed by atoms with Gasteiger partial charge in [0.15, 0.2) is 0 Å². The summed E-state index contributed by atoms with van der Waals surface area (Å²) in [5, 5.41) is 0. The van der Waals surface area contributed by atoms with Crippen LogP contribution >= 0.6 is 0 Å². The van der Waals surface area contributed by atoms with E-state index < -0.39 is 48.8 Å². The zero-order valence-electron chi connectivity index (χ0n) is 74.8. The van der Waals surface area contributed by atoms with Gasteiger partial charge < -0.3 is 0 Å². The molecule has 0 aliphatic heterocycles. The molecule has 88 heavy (non-hydrogen) atoms. The lowest BCUT2D eigenvalue weighted by atomic mass is 10.2. The Hall–Kier alpha value is -0.700. The van der Waals surface area contributed by atoms with Crippen LogP contribution in [0.15, 0.2) is 0 Å². The van der Waals surface area contributed by atoms with Crippen molar-refractivity contribution < 1.29 is 52.1 Å². The molecule has 0 fully saturated rings. The van der Waals surface area contributed by atoms with Gasteiger partial charge in [-0.3, -0.25) is 0 Å². The highest BCUT2D eigenvalue weighted by atomic mass is 19.4. The molecule has 0 aromatic carbocycles. The summed E-state index contributed by atoms with van der Waals surface area (Å²) in [6.07, 6.45) is 14.2. The number of alkyl halides is 10. The molecule has 0 nitrogen and oxygen atoms in total. The molecule has 0 radical (unpaired) electrons. The van der Waals surface area contributed by atoms with E-state index in [0.717, 1.165) is 57.8 Å². The van der Waals surface area contributed by atoms with Gasteiger partial charge in [0.1, 0.15) is 0 Å². The minimum Gasteiger partial charge on any atom is -0.248 e. The second-order valence-electron chi connectivity index (χ2n) is 25.4. The fourth-order valence-electron chi connectivity index (χ4n) is 2.59. The Labute approximate surface area is 566 Å². The summed E-state index contributed by atoms with van der Waals surface area (Å²) in [6, 6.07) is 0. The molecular formula is C78H182F10. The molecule has 0 spiro atoms. The van der Waals surface area contributed by atoms with E-state index in [-0.39, 0.29) is 37.5 Å². The Morgan fingerprint density at radius 3 is 0.500 bits per heavy atom. The molecule has 0 aromatic rings. The highest BCUT2D eigenvalue weighted by molar-refractivity contribution is 4.58. The van der Waals surface area contributed by atoms with Gasteiger partial charge in [0.2, 0.25) is 17.8 Å². The number of hydrogen-bond donors (Lipinski definition) is 0. The summed E-state index contributed by atoms with van der Waals surface area (Å²) in [6.45, 7) is 79.8. The van der Waals surface area contributed by atoms with Gasteiger partial charge in [-0.2, -0.15) is 13.2 Å². The van der Waals surface area contributed by atoms with Crippen LogP contribution in [0.5, 0.6) is 0 Å². The number of unbranched alkanes of at least 4 members (excludes halogenated alkanes) is 7. The molecule has 0 amide bonds. The molecule has 0 heterocycles. The number of rotatable bonds is 17. The topological polar surface area (TPSA) is 0 Å². The molecule has 0 rings (SSSR count). The third-order valence-electron chi connectivity index (χ3n) is 7.54. The van der Waals surface area contributed by atoms with Crippen molar-refractivity contribution in [2.75, 3.05) is 0 Å². The Morgan fingerprint density at radius 1 is 0.341 bits per heavy atom. The van der Waals surface area contributed by atoms with Crippen molar-refractivity contribution in [1.82, 2.24) is 0 Å². The first kappa shape index (κ1) is 115. The summed E-state index contributed by atoms with van der Waals surface area (Å²) in [4.78, 5) is 0. The van der Waals surface area contributed by atoms with Crippen LogP contribution in [0.3, 0.4) is 0 Å². The summed E-state index contributed by atoms with van der Waals surface area (Å²) >= 11 is 0. The molecule has 0 saturated heterocycles. The first-order valence-electron chi connectivity index (χ1n) is 38.4. The summed E-state index contributed by atoms with van der Waals surface area (Å²) in [5.41, 5.74) is 0. The minimum atomic E-state index is -4.00. The van der Waals surface area contributed by atoms with E-state index in [0.29, 0.717) is 25.7 Å². The van der Waals surface area contributed by atoms with E-state index >= 15 is 0 Å². The zero-order valence-corrected chi connectivity index (χ0v) is 68.8. The van der Waals surface area contributed by atoms with Crippen LogP contribution in [0.1, 0.15) is 453 Å². The van der Waals surface area contributed by atoms with Gasteiger partial charge in [0.05, 0.1) is 6.17 Å². The van der Waals surface area contributed by atoms with Gasteiger partial charge in [0, 0.05) is 39.8 Å². The molecule has 0 aliphatic carbocycles. The van der Waals surface area contributed by atoms with E-state index in [1.165, 1.54) is 111 Å². The second kappa shape index (κ2) is 124. The first-order chi connectivity index (χ1) is 41.6. The van der Waals surface area contributed by atoms with Gasteiger partial charge in [-0.25, -0.2) is 30.7 Å². The molecule has 0 saturated carbocycles. The van der Waals surface area contributed by atoms with Gasteiger partial charge in [0.25, 0.3) is 0 Å². The maximum absolute atomic E-state index is 11.9. The first-order valence-corrected chi connectivity index (χ1v) is 35.4. The van der Waals surface area contributed by atoms with Gasteiger partial charge in [-0.1, -0.05) is 392 Å². The summed E-state index contributed by atoms with van der Waals surface area (Å²) in [5.74, 6) is -5.63. The van der Waals surface area contributed by atoms with Gasteiger partial charge in [-0.15, -0.1) is 0 Å². The highest BCUT2D eigenvalue weighted by Gasteiger charge is 2.31. The lowest BCUT2D eigenvalue weighted by Gasteiger charge is -2.08. The van der Waals surface area contributed by atoms with E-state index in [4.69, 9.17) is 8.22 Å². The van der Waals surface area contributed by atoms with Crippen LogP contribution in [0, 0.1) is 41.4 Å². The van der Waals surface area contributed by atoms with Crippen LogP contribution in [0.25, 0.3) is 0 Å². The van der Waals surface area contributed by atoms with Crippen LogP contribution in [-0.4, -0.2) is 30.1 Å². The van der Waals surface area contributed by atoms with Crippen molar-refractivity contribution >= 4 is 0 Å². The van der Waals surface area contributed by atoms with Crippen molar-refractivity contribution in [3.05, 3.63) is 0 Å². The van der Waals surface area contributed by atoms with Crippen LogP contribution < -0.4 is 0 Å². The average molecular weight is 1320 g/mol. The minimum absolute atomic E-state index is 0.00694. The third kappa shape index (κ3) is 581. The standard InChI is InChI=1S/3C5H10F2.C5H11F.4C5H12.C4H7F3.7C4H10.2C3H8/c2*1-3-4-5(2,6)7;1-3-5(6,7)4-2;1-3-4-5(2)6;1-4-5(2)3;3*1-3-5-4-2;1-3(2)4(5,6)7;5*1-4(2)3;2*1-3-4-2;2*1-3-2/h3*3-4H2,1-2H3;5H,3-4H2,1-2H3;5H,4H2,1-3H3;3*3-5H2,1-2H3;3H,1-2H3;5*4H,1-3H3;2*3-4H2,1-2H3;2*3H2,1-2H3/i;;;;;;;;;2*4D;;;;3D2;;3D2;. The van der Waals surface area contributed by atoms with Crippen molar-refractivity contribution in [2.45, 2.75) is 475 Å². The predicted octanol–water partition coefficient (Wildman–Crippen LogP) is 35.1. The normalized spacial score (nSPS) is 11.6. The fourth-order valence-corrected chi connectivity index (χ4v) is 2.59. The van der Waals surface area contributed by atoms with Crippen molar-refractivity contribution in [3.63, 3.8) is 0 Å². The van der Waals surface area contributed by atoms with Crippen LogP contribution in [0.2, 0.25) is 0 Å². The molecule has 0 aromatic heterocycles. The third-order valence-corrected chi connectivity index (χ3v) is 7.54. The SMILES string of the molecule is CC(C)C.CC(C)C.CC(C)C.CC(C)C(F)(F)F.CCC.CCC(C)C.CCC(F)(F)CC.CCCC.CCCC(C)(F)F.CCCC(C)(F)F.CCCC(C)F.CCCCC.CCCCC.CCCCC.[2H]C(C)(C)C.[2H]C(C)(C)C.[2H]C([2H])(C)C.[2H]C([2H])(C)CC. The second-order valence-corrected chi connectivity index (χ2v) is 25.4. The lowest BCUT2D eigenvalue weighted by molar-refractivity contribution is -0.164. The van der Waals surface area contributed by atoms with Gasteiger partial charge >= 0.3 is 6.18 Å². The molecule has 1 unspecified atom stereocenters.